The molecule has 0 spiro atoms. The number of aromatic nitrogens is 2. The summed E-state index contributed by atoms with van der Waals surface area (Å²) < 4.78 is 23.0. The van der Waals surface area contributed by atoms with Gasteiger partial charge in [-0.15, -0.1) is 0 Å². The van der Waals surface area contributed by atoms with Gasteiger partial charge in [-0.25, -0.2) is 9.37 Å². The molecule has 0 radical (unpaired) electrons. The highest BCUT2D eigenvalue weighted by molar-refractivity contribution is 6.00. The molecule has 1 aliphatic rings. The molecule has 37 heavy (non-hydrogen) atoms. The van der Waals surface area contributed by atoms with E-state index in [-0.39, 0.29) is 6.42 Å². The number of halogens is 1. The van der Waals surface area contributed by atoms with E-state index in [0.717, 1.165) is 63.8 Å². The van der Waals surface area contributed by atoms with Crippen molar-refractivity contribution >= 4 is 22.6 Å². The fourth-order valence-corrected chi connectivity index (χ4v) is 5.36. The van der Waals surface area contributed by atoms with Crippen molar-refractivity contribution in [1.29, 1.82) is 0 Å². The highest BCUT2D eigenvalue weighted by Gasteiger charge is 2.26. The number of carboxylic acids is 1. The molecule has 1 aromatic carbocycles. The van der Waals surface area contributed by atoms with Crippen molar-refractivity contribution in [3.8, 4) is 16.9 Å². The normalized spacial score (nSPS) is 14.4. The van der Waals surface area contributed by atoms with Gasteiger partial charge in [-0.3, -0.25) is 4.79 Å². The molecule has 0 unspecified atom stereocenters. The summed E-state index contributed by atoms with van der Waals surface area (Å²) >= 11 is 0. The van der Waals surface area contributed by atoms with Crippen molar-refractivity contribution in [3.63, 3.8) is 0 Å². The number of benzene rings is 1. The summed E-state index contributed by atoms with van der Waals surface area (Å²) in [6.45, 7) is 10.5. The van der Waals surface area contributed by atoms with Gasteiger partial charge in [-0.05, 0) is 86.9 Å². The standard InChI is InChI=1S/C31H35FN2O3/c1-7-10-18(3)14-21(11-8-2)27-16-25-29(24(17-28(35)36)20(5)33-31(25)34(27)6)23-15-26(32)30-22(19(23)4)12-9-13-37-30/h8,10-11,14-16H,7,9,12-13,17H2,1-6H3,(H,35,36)/b11-8-,18-10+,21-14+. The van der Waals surface area contributed by atoms with Gasteiger partial charge in [0, 0.05) is 23.7 Å². The largest absolute Gasteiger partial charge is 0.490 e. The summed E-state index contributed by atoms with van der Waals surface area (Å²) in [5.41, 5.74) is 8.32. The number of allylic oxidation sites excluding steroid dienone is 6. The molecule has 2 aromatic heterocycles. The molecule has 0 saturated heterocycles. The summed E-state index contributed by atoms with van der Waals surface area (Å²) in [6, 6.07) is 3.56. The van der Waals surface area contributed by atoms with E-state index in [9.17, 15) is 9.90 Å². The number of aliphatic carboxylic acids is 1. The van der Waals surface area contributed by atoms with E-state index in [1.165, 1.54) is 6.07 Å². The van der Waals surface area contributed by atoms with Gasteiger partial charge in [0.2, 0.25) is 0 Å². The monoisotopic (exact) mass is 502 g/mol. The summed E-state index contributed by atoms with van der Waals surface area (Å²) in [7, 11) is 1.97. The second-order valence-electron chi connectivity index (χ2n) is 9.69. The Balaban J connectivity index is 2.10. The average Bonchev–Trinajstić information content (AvgIpc) is 3.17. The molecule has 1 aliphatic heterocycles. The van der Waals surface area contributed by atoms with Gasteiger partial charge in [0.05, 0.1) is 18.7 Å². The zero-order valence-electron chi connectivity index (χ0n) is 22.5. The van der Waals surface area contributed by atoms with Crippen LogP contribution in [0.4, 0.5) is 4.39 Å². The molecule has 0 atom stereocenters. The maximum absolute atomic E-state index is 15.3. The van der Waals surface area contributed by atoms with Crippen LogP contribution >= 0.6 is 0 Å². The summed E-state index contributed by atoms with van der Waals surface area (Å²) in [4.78, 5) is 16.8. The van der Waals surface area contributed by atoms with Gasteiger partial charge in [-0.2, -0.15) is 0 Å². The quantitative estimate of drug-likeness (QED) is 0.345. The SMILES string of the molecule is C\C=C/C(=C\C(C)=C\CC)c1cc2c(-c3cc(F)c4c(c3C)CCCO4)c(CC(=O)O)c(C)nc2n1C. The molecule has 0 amide bonds. The van der Waals surface area contributed by atoms with Crippen LogP contribution in [0.3, 0.4) is 0 Å². The zero-order valence-corrected chi connectivity index (χ0v) is 22.5. The van der Waals surface area contributed by atoms with E-state index in [1.54, 1.807) is 0 Å². The first-order chi connectivity index (χ1) is 17.7. The number of carboxylic acid groups (broad SMARTS) is 1. The zero-order chi connectivity index (χ0) is 26.9. The maximum atomic E-state index is 15.3. The van der Waals surface area contributed by atoms with Crippen molar-refractivity contribution < 1.29 is 19.0 Å². The van der Waals surface area contributed by atoms with E-state index in [4.69, 9.17) is 9.72 Å². The van der Waals surface area contributed by atoms with Crippen LogP contribution in [0.5, 0.6) is 5.75 Å². The molecule has 3 heterocycles. The minimum atomic E-state index is -0.948. The fraction of sp³-hybridized carbons (Fsp3) is 0.355. The predicted octanol–water partition coefficient (Wildman–Crippen LogP) is 7.26. The Hall–Kier alpha value is -3.67. The molecule has 0 aliphatic carbocycles. The van der Waals surface area contributed by atoms with E-state index in [1.807, 2.05) is 38.5 Å². The molecule has 5 nitrogen and oxygen atoms in total. The van der Waals surface area contributed by atoms with Gasteiger partial charge >= 0.3 is 5.97 Å². The highest BCUT2D eigenvalue weighted by Crippen LogP contribution is 2.42. The topological polar surface area (TPSA) is 64.3 Å². The smallest absolute Gasteiger partial charge is 0.307 e. The number of pyridine rings is 1. The minimum Gasteiger partial charge on any atom is -0.490 e. The number of hydrogen-bond acceptors (Lipinski definition) is 3. The van der Waals surface area contributed by atoms with Crippen molar-refractivity contribution in [1.82, 2.24) is 9.55 Å². The van der Waals surface area contributed by atoms with Crippen LogP contribution in [0.25, 0.3) is 27.7 Å². The van der Waals surface area contributed by atoms with Crippen molar-refractivity contribution in [2.24, 2.45) is 7.05 Å². The summed E-state index contributed by atoms with van der Waals surface area (Å²) in [6.07, 6.45) is 10.7. The molecule has 0 saturated carbocycles. The summed E-state index contributed by atoms with van der Waals surface area (Å²) in [5, 5.41) is 10.6. The maximum Gasteiger partial charge on any atom is 0.307 e. The number of nitrogens with zero attached hydrogens (tertiary/aromatic N) is 2. The number of ether oxygens (including phenoxy) is 1. The van der Waals surface area contributed by atoms with Crippen LogP contribution in [0.2, 0.25) is 0 Å². The van der Waals surface area contributed by atoms with Gasteiger partial charge in [0.1, 0.15) is 5.65 Å². The number of carbonyl (C=O) groups is 1. The molecule has 3 aromatic rings. The fourth-order valence-electron chi connectivity index (χ4n) is 5.36. The molecular weight excluding hydrogens is 467 g/mol. The predicted molar refractivity (Wildman–Crippen MR) is 148 cm³/mol. The van der Waals surface area contributed by atoms with Crippen LogP contribution in [0.1, 0.15) is 61.7 Å². The third-order valence-corrected chi connectivity index (χ3v) is 7.07. The number of fused-ring (bicyclic) bond motifs is 2. The molecule has 0 fully saturated rings. The second-order valence-corrected chi connectivity index (χ2v) is 9.69. The molecular formula is C31H35FN2O3. The lowest BCUT2D eigenvalue weighted by Crippen LogP contribution is -2.13. The first kappa shape index (κ1) is 26.4. The number of aryl methyl sites for hydroxylation is 2. The van der Waals surface area contributed by atoms with Gasteiger partial charge < -0.3 is 14.4 Å². The van der Waals surface area contributed by atoms with Crippen LogP contribution in [-0.2, 0) is 24.7 Å². The summed E-state index contributed by atoms with van der Waals surface area (Å²) in [5.74, 6) is -1.04. The Morgan fingerprint density at radius 2 is 2.05 bits per heavy atom. The van der Waals surface area contributed by atoms with Crippen molar-refractivity contribution in [2.75, 3.05) is 6.61 Å². The molecule has 0 bridgehead atoms. The van der Waals surface area contributed by atoms with E-state index >= 15 is 4.39 Å². The minimum absolute atomic E-state index is 0.196. The van der Waals surface area contributed by atoms with Crippen LogP contribution in [-0.4, -0.2) is 27.2 Å². The molecule has 6 heteroatoms. The Kier molecular flexibility index (Phi) is 7.67. The van der Waals surface area contributed by atoms with E-state index in [0.29, 0.717) is 29.2 Å². The third-order valence-electron chi connectivity index (χ3n) is 7.07. The van der Waals surface area contributed by atoms with Gasteiger partial charge in [-0.1, -0.05) is 36.8 Å². The van der Waals surface area contributed by atoms with Crippen LogP contribution in [0.15, 0.2) is 42.0 Å². The lowest BCUT2D eigenvalue weighted by atomic mass is 9.87. The second kappa shape index (κ2) is 10.8. The number of hydrogen-bond donors (Lipinski definition) is 1. The lowest BCUT2D eigenvalue weighted by Gasteiger charge is -2.23. The van der Waals surface area contributed by atoms with Gasteiger partial charge in [0.15, 0.2) is 11.6 Å². The third kappa shape index (κ3) is 4.97. The Bertz CT molecular complexity index is 1470. The molecule has 194 valence electrons. The van der Waals surface area contributed by atoms with Gasteiger partial charge in [0.25, 0.3) is 0 Å². The van der Waals surface area contributed by atoms with Crippen LogP contribution < -0.4 is 4.74 Å². The van der Waals surface area contributed by atoms with Crippen molar-refractivity contribution in [3.05, 3.63) is 75.9 Å². The van der Waals surface area contributed by atoms with E-state index < -0.39 is 11.8 Å². The first-order valence-electron chi connectivity index (χ1n) is 12.8. The lowest BCUT2D eigenvalue weighted by molar-refractivity contribution is -0.136. The molecule has 1 N–H and O–H groups in total. The van der Waals surface area contributed by atoms with Crippen molar-refractivity contribution in [2.45, 2.75) is 60.3 Å². The van der Waals surface area contributed by atoms with E-state index in [2.05, 4.69) is 38.1 Å². The Morgan fingerprint density at radius 1 is 1.30 bits per heavy atom. The average molecular weight is 503 g/mol. The molecule has 4 rings (SSSR count). The Morgan fingerprint density at radius 3 is 2.73 bits per heavy atom. The highest BCUT2D eigenvalue weighted by atomic mass is 19.1. The number of rotatable bonds is 7. The van der Waals surface area contributed by atoms with Crippen LogP contribution in [0, 0.1) is 19.7 Å². The first-order valence-corrected chi connectivity index (χ1v) is 12.8. The Labute approximate surface area is 218 Å².